The summed E-state index contributed by atoms with van der Waals surface area (Å²) in [7, 11) is 3.08. The van der Waals surface area contributed by atoms with Crippen LogP contribution < -0.4 is 25.2 Å². The number of benzene rings is 3. The molecule has 10 nitrogen and oxygen atoms in total. The molecule has 1 unspecified atom stereocenters. The van der Waals surface area contributed by atoms with E-state index in [1.165, 1.54) is 12.7 Å². The minimum Gasteiger partial charge on any atom is -0.497 e. The maximum Gasteiger partial charge on any atom is 0.262 e. The summed E-state index contributed by atoms with van der Waals surface area (Å²) in [6, 6.07) is 19.6. The molecular formula is C32H33N5O5. The van der Waals surface area contributed by atoms with Gasteiger partial charge in [-0.05, 0) is 41.8 Å². The minimum atomic E-state index is -0.268. The van der Waals surface area contributed by atoms with Crippen molar-refractivity contribution >= 4 is 28.4 Å². The van der Waals surface area contributed by atoms with Gasteiger partial charge in [-0.1, -0.05) is 24.3 Å². The molecule has 3 aromatic carbocycles. The fourth-order valence-electron chi connectivity index (χ4n) is 5.80. The van der Waals surface area contributed by atoms with Crippen LogP contribution in [0.1, 0.15) is 29.9 Å². The lowest BCUT2D eigenvalue weighted by molar-refractivity contribution is -0.134. The van der Waals surface area contributed by atoms with Gasteiger partial charge >= 0.3 is 0 Å². The van der Waals surface area contributed by atoms with Crippen LogP contribution in [0.3, 0.4) is 0 Å². The molecule has 216 valence electrons. The first kappa shape index (κ1) is 27.5. The number of piperazine rings is 1. The molecule has 2 aliphatic heterocycles. The molecule has 2 saturated heterocycles. The highest BCUT2D eigenvalue weighted by Gasteiger charge is 2.28. The van der Waals surface area contributed by atoms with Gasteiger partial charge in [0, 0.05) is 62.5 Å². The fraction of sp³-hybridized carbons (Fsp3) is 0.312. The van der Waals surface area contributed by atoms with Crippen LogP contribution >= 0.6 is 0 Å². The zero-order chi connectivity index (χ0) is 29.2. The van der Waals surface area contributed by atoms with Crippen molar-refractivity contribution in [2.45, 2.75) is 25.3 Å². The topological polar surface area (TPSA) is 117 Å². The summed E-state index contributed by atoms with van der Waals surface area (Å²) in [4.78, 5) is 49.1. The van der Waals surface area contributed by atoms with E-state index in [2.05, 4.69) is 49.4 Å². The van der Waals surface area contributed by atoms with Crippen molar-refractivity contribution < 1.29 is 19.1 Å². The molecule has 2 fully saturated rings. The molecule has 42 heavy (non-hydrogen) atoms. The van der Waals surface area contributed by atoms with Gasteiger partial charge < -0.3 is 19.4 Å². The summed E-state index contributed by atoms with van der Waals surface area (Å²) >= 11 is 0. The highest BCUT2D eigenvalue weighted by Crippen LogP contribution is 2.30. The van der Waals surface area contributed by atoms with Crippen molar-refractivity contribution in [2.75, 3.05) is 45.3 Å². The third kappa shape index (κ3) is 5.58. The van der Waals surface area contributed by atoms with E-state index in [-0.39, 0.29) is 23.3 Å². The van der Waals surface area contributed by atoms with Crippen molar-refractivity contribution in [2.24, 2.45) is 0 Å². The van der Waals surface area contributed by atoms with E-state index in [0.29, 0.717) is 41.1 Å². The molecule has 2 aliphatic rings. The number of hydrogen-bond donors (Lipinski definition) is 2. The standard InChI is InChI=1S/C32H33N5O5/c1-41-24-17-26-29(27(18-24)42-2)32(40)35-30(33-26)21-6-8-23(9-7-21)37-14-12-36(13-15-37)19-20-4-3-5-22(16-20)25-10-11-28(38)34-31(25)39/h3-9,16-18,25H,10-15,19H2,1-2H3,(H,33,35,40)(H,34,38,39). The van der Waals surface area contributed by atoms with Crippen LogP contribution in [0.25, 0.3) is 22.3 Å². The number of nitrogens with zero attached hydrogens (tertiary/aromatic N) is 3. The number of fused-ring (bicyclic) bond motifs is 1. The monoisotopic (exact) mass is 567 g/mol. The average molecular weight is 568 g/mol. The van der Waals surface area contributed by atoms with Gasteiger partial charge in [-0.2, -0.15) is 0 Å². The number of aromatic amines is 1. The predicted octanol–water partition coefficient (Wildman–Crippen LogP) is 3.45. The van der Waals surface area contributed by atoms with Gasteiger partial charge in [0.15, 0.2) is 0 Å². The summed E-state index contributed by atoms with van der Waals surface area (Å²) in [6.45, 7) is 4.40. The second kappa shape index (κ2) is 11.7. The third-order valence-electron chi connectivity index (χ3n) is 8.08. The molecule has 2 N–H and O–H groups in total. The van der Waals surface area contributed by atoms with E-state index in [1.807, 2.05) is 24.3 Å². The molecule has 4 aromatic rings. The molecule has 3 heterocycles. The van der Waals surface area contributed by atoms with Gasteiger partial charge in [-0.3, -0.25) is 24.6 Å². The number of H-pyrrole nitrogens is 1. The second-order valence-corrected chi connectivity index (χ2v) is 10.7. The van der Waals surface area contributed by atoms with Gasteiger partial charge in [-0.15, -0.1) is 0 Å². The number of anilines is 1. The molecule has 2 amide bonds. The lowest BCUT2D eigenvalue weighted by atomic mass is 9.89. The van der Waals surface area contributed by atoms with Crippen LogP contribution in [-0.2, 0) is 16.1 Å². The van der Waals surface area contributed by atoms with Crippen molar-refractivity contribution in [1.82, 2.24) is 20.2 Å². The summed E-state index contributed by atoms with van der Waals surface area (Å²) in [5.74, 6) is 0.809. The Morgan fingerprint density at radius 2 is 1.71 bits per heavy atom. The van der Waals surface area contributed by atoms with Gasteiger partial charge in [-0.25, -0.2) is 4.98 Å². The number of imide groups is 1. The highest BCUT2D eigenvalue weighted by atomic mass is 16.5. The Morgan fingerprint density at radius 1 is 0.929 bits per heavy atom. The number of carbonyl (C=O) groups excluding carboxylic acids is 2. The van der Waals surface area contributed by atoms with Crippen LogP contribution in [0, 0.1) is 0 Å². The van der Waals surface area contributed by atoms with E-state index in [1.54, 1.807) is 19.2 Å². The summed E-state index contributed by atoms with van der Waals surface area (Å²) in [6.07, 6.45) is 0.937. The van der Waals surface area contributed by atoms with Crippen molar-refractivity contribution in [3.63, 3.8) is 0 Å². The molecule has 1 aromatic heterocycles. The molecule has 1 atom stereocenters. The fourth-order valence-corrected chi connectivity index (χ4v) is 5.80. The molecular weight excluding hydrogens is 534 g/mol. The van der Waals surface area contributed by atoms with Crippen LogP contribution in [0.4, 0.5) is 5.69 Å². The zero-order valence-corrected chi connectivity index (χ0v) is 23.7. The Labute approximate surface area is 243 Å². The Bertz CT molecular complexity index is 1690. The number of ether oxygens (including phenoxy) is 2. The highest BCUT2D eigenvalue weighted by molar-refractivity contribution is 6.00. The first-order chi connectivity index (χ1) is 20.4. The molecule has 0 aliphatic carbocycles. The van der Waals surface area contributed by atoms with Crippen LogP contribution in [0.15, 0.2) is 65.5 Å². The van der Waals surface area contributed by atoms with E-state index < -0.39 is 0 Å². The van der Waals surface area contributed by atoms with E-state index >= 15 is 0 Å². The number of hydrogen-bond acceptors (Lipinski definition) is 8. The third-order valence-corrected chi connectivity index (χ3v) is 8.08. The number of rotatable bonds is 7. The number of nitrogens with one attached hydrogen (secondary N) is 2. The number of carbonyl (C=O) groups is 2. The normalized spacial score (nSPS) is 17.8. The van der Waals surface area contributed by atoms with E-state index in [9.17, 15) is 14.4 Å². The first-order valence-corrected chi connectivity index (χ1v) is 14.1. The van der Waals surface area contributed by atoms with Crippen LogP contribution in [0.2, 0.25) is 0 Å². The maximum atomic E-state index is 12.9. The number of amides is 2. The Hall–Kier alpha value is -4.70. The summed E-state index contributed by atoms with van der Waals surface area (Å²) < 4.78 is 10.7. The molecule has 6 rings (SSSR count). The van der Waals surface area contributed by atoms with Crippen LogP contribution in [-0.4, -0.2) is 67.1 Å². The van der Waals surface area contributed by atoms with E-state index in [4.69, 9.17) is 9.47 Å². The number of aromatic nitrogens is 2. The van der Waals surface area contributed by atoms with Gasteiger partial charge in [0.25, 0.3) is 5.56 Å². The average Bonchev–Trinajstić information content (AvgIpc) is 3.01. The van der Waals surface area contributed by atoms with Gasteiger partial charge in [0.1, 0.15) is 22.7 Å². The smallest absolute Gasteiger partial charge is 0.262 e. The van der Waals surface area contributed by atoms with Gasteiger partial charge in [0.05, 0.1) is 25.7 Å². The molecule has 0 bridgehead atoms. The summed E-state index contributed by atoms with van der Waals surface area (Å²) in [5, 5.41) is 2.85. The Morgan fingerprint density at radius 3 is 2.43 bits per heavy atom. The lowest BCUT2D eigenvalue weighted by Crippen LogP contribution is -2.46. The molecule has 0 radical (unpaired) electrons. The van der Waals surface area contributed by atoms with Crippen molar-refractivity contribution in [1.29, 1.82) is 0 Å². The minimum absolute atomic E-state index is 0.192. The Balaban J connectivity index is 1.10. The lowest BCUT2D eigenvalue weighted by Gasteiger charge is -2.36. The van der Waals surface area contributed by atoms with Crippen molar-refractivity contribution in [3.05, 3.63) is 82.1 Å². The van der Waals surface area contributed by atoms with Gasteiger partial charge in [0.2, 0.25) is 11.8 Å². The molecule has 0 saturated carbocycles. The summed E-state index contributed by atoms with van der Waals surface area (Å²) in [5.41, 5.74) is 4.31. The largest absolute Gasteiger partial charge is 0.497 e. The predicted molar refractivity (Wildman–Crippen MR) is 160 cm³/mol. The van der Waals surface area contributed by atoms with Crippen molar-refractivity contribution in [3.8, 4) is 22.9 Å². The molecule has 0 spiro atoms. The molecule has 10 heteroatoms. The maximum absolute atomic E-state index is 12.9. The van der Waals surface area contributed by atoms with E-state index in [0.717, 1.165) is 49.5 Å². The SMILES string of the molecule is COc1cc(OC)c2c(=O)[nH]c(-c3ccc(N4CCN(Cc5cccc(C6CCC(=O)NC6=O)c5)CC4)cc3)nc2c1. The Kier molecular flexibility index (Phi) is 7.62. The quantitative estimate of drug-likeness (QED) is 0.326. The number of methoxy groups -OCH3 is 2. The second-order valence-electron chi connectivity index (χ2n) is 10.7. The first-order valence-electron chi connectivity index (χ1n) is 14.1. The zero-order valence-electron chi connectivity index (χ0n) is 23.7. The number of piperidine rings is 1. The van der Waals surface area contributed by atoms with Crippen LogP contribution in [0.5, 0.6) is 11.5 Å².